The largest absolute Gasteiger partial charge is 0.478 e. The SMILES string of the molecule is O=C(O)c1cc(Br)cc(NCc2ccsc2)c1. The van der Waals surface area contributed by atoms with E-state index < -0.39 is 5.97 Å². The summed E-state index contributed by atoms with van der Waals surface area (Å²) in [5.74, 6) is -0.926. The van der Waals surface area contributed by atoms with E-state index in [4.69, 9.17) is 5.11 Å². The van der Waals surface area contributed by atoms with Crippen molar-refractivity contribution in [2.24, 2.45) is 0 Å². The molecule has 1 heterocycles. The van der Waals surface area contributed by atoms with Crippen LogP contribution in [0.4, 0.5) is 5.69 Å². The van der Waals surface area contributed by atoms with Gasteiger partial charge in [-0.15, -0.1) is 0 Å². The van der Waals surface area contributed by atoms with Crippen LogP contribution in [0.25, 0.3) is 0 Å². The van der Waals surface area contributed by atoms with Gasteiger partial charge in [-0.1, -0.05) is 15.9 Å². The third kappa shape index (κ3) is 3.31. The first-order valence-electron chi connectivity index (χ1n) is 4.94. The zero-order chi connectivity index (χ0) is 12.3. The van der Waals surface area contributed by atoms with E-state index in [-0.39, 0.29) is 5.56 Å². The number of hydrogen-bond acceptors (Lipinski definition) is 3. The summed E-state index contributed by atoms with van der Waals surface area (Å²) in [6, 6.07) is 7.10. The summed E-state index contributed by atoms with van der Waals surface area (Å²) < 4.78 is 0.755. The van der Waals surface area contributed by atoms with E-state index in [0.717, 1.165) is 10.2 Å². The number of halogens is 1. The molecule has 0 aliphatic rings. The quantitative estimate of drug-likeness (QED) is 0.902. The standard InChI is InChI=1S/C12H10BrNO2S/c13-10-3-9(12(15)16)4-11(5-10)14-6-8-1-2-17-7-8/h1-5,7,14H,6H2,(H,15,16). The van der Waals surface area contributed by atoms with E-state index in [1.807, 2.05) is 17.5 Å². The lowest BCUT2D eigenvalue weighted by Gasteiger charge is -2.07. The number of benzene rings is 1. The molecule has 5 heteroatoms. The molecule has 2 N–H and O–H groups in total. The van der Waals surface area contributed by atoms with Crippen molar-refractivity contribution < 1.29 is 9.90 Å². The molecule has 0 fully saturated rings. The fraction of sp³-hybridized carbons (Fsp3) is 0.0833. The summed E-state index contributed by atoms with van der Waals surface area (Å²) in [6.07, 6.45) is 0. The average Bonchev–Trinajstić information content (AvgIpc) is 2.78. The average molecular weight is 312 g/mol. The lowest BCUT2D eigenvalue weighted by atomic mass is 10.2. The number of hydrogen-bond donors (Lipinski definition) is 2. The number of aromatic carboxylic acids is 1. The number of carbonyl (C=O) groups is 1. The molecule has 0 radical (unpaired) electrons. The van der Waals surface area contributed by atoms with Crippen LogP contribution < -0.4 is 5.32 Å². The van der Waals surface area contributed by atoms with E-state index >= 15 is 0 Å². The van der Waals surface area contributed by atoms with Crippen molar-refractivity contribution in [3.63, 3.8) is 0 Å². The summed E-state index contributed by atoms with van der Waals surface area (Å²) in [5, 5.41) is 16.2. The number of carboxylic acids is 1. The van der Waals surface area contributed by atoms with Gasteiger partial charge in [-0.25, -0.2) is 4.79 Å². The Bertz CT molecular complexity index is 525. The van der Waals surface area contributed by atoms with Gasteiger partial charge in [-0.3, -0.25) is 0 Å². The van der Waals surface area contributed by atoms with Crippen molar-refractivity contribution in [1.29, 1.82) is 0 Å². The number of rotatable bonds is 4. The minimum atomic E-state index is -0.926. The van der Waals surface area contributed by atoms with Crippen LogP contribution in [0.3, 0.4) is 0 Å². The second kappa shape index (κ2) is 5.33. The molecule has 0 atom stereocenters. The first-order chi connectivity index (χ1) is 8.15. The maximum Gasteiger partial charge on any atom is 0.335 e. The molecule has 0 aliphatic heterocycles. The zero-order valence-corrected chi connectivity index (χ0v) is 11.2. The minimum Gasteiger partial charge on any atom is -0.478 e. The van der Waals surface area contributed by atoms with Gasteiger partial charge in [0.05, 0.1) is 5.56 Å². The Balaban J connectivity index is 2.13. The predicted molar refractivity (Wildman–Crippen MR) is 72.7 cm³/mol. The molecule has 0 aliphatic carbocycles. The van der Waals surface area contributed by atoms with Crippen molar-refractivity contribution >= 4 is 38.9 Å². The Labute approximate surface area is 111 Å². The summed E-state index contributed by atoms with van der Waals surface area (Å²) in [7, 11) is 0. The summed E-state index contributed by atoms with van der Waals surface area (Å²) in [4.78, 5) is 10.9. The van der Waals surface area contributed by atoms with E-state index in [9.17, 15) is 4.79 Å². The highest BCUT2D eigenvalue weighted by Crippen LogP contribution is 2.20. The van der Waals surface area contributed by atoms with Gasteiger partial charge in [0.1, 0.15) is 0 Å². The van der Waals surface area contributed by atoms with Crippen LogP contribution in [0.15, 0.2) is 39.5 Å². The van der Waals surface area contributed by atoms with Gasteiger partial charge in [-0.2, -0.15) is 11.3 Å². The molecular formula is C12H10BrNO2S. The van der Waals surface area contributed by atoms with Gasteiger partial charge in [0.15, 0.2) is 0 Å². The molecule has 1 aromatic heterocycles. The smallest absolute Gasteiger partial charge is 0.335 e. The van der Waals surface area contributed by atoms with E-state index in [0.29, 0.717) is 6.54 Å². The molecule has 0 bridgehead atoms. The Kier molecular flexibility index (Phi) is 3.81. The normalized spacial score (nSPS) is 10.2. The summed E-state index contributed by atoms with van der Waals surface area (Å²) >= 11 is 4.94. The van der Waals surface area contributed by atoms with Crippen LogP contribution in [0.2, 0.25) is 0 Å². The second-order valence-electron chi connectivity index (χ2n) is 3.52. The van der Waals surface area contributed by atoms with Crippen LogP contribution in [0.1, 0.15) is 15.9 Å². The zero-order valence-electron chi connectivity index (χ0n) is 8.81. The first kappa shape index (κ1) is 12.1. The maximum absolute atomic E-state index is 10.9. The van der Waals surface area contributed by atoms with Crippen LogP contribution >= 0.6 is 27.3 Å². The lowest BCUT2D eigenvalue weighted by molar-refractivity contribution is 0.0697. The number of thiophene rings is 1. The molecule has 0 amide bonds. The first-order valence-corrected chi connectivity index (χ1v) is 6.67. The van der Waals surface area contributed by atoms with Crippen molar-refractivity contribution in [2.75, 3.05) is 5.32 Å². The molecule has 88 valence electrons. The highest BCUT2D eigenvalue weighted by molar-refractivity contribution is 9.10. The third-order valence-corrected chi connectivity index (χ3v) is 3.41. The molecule has 1 aromatic carbocycles. The van der Waals surface area contributed by atoms with Crippen molar-refractivity contribution in [1.82, 2.24) is 0 Å². The van der Waals surface area contributed by atoms with Gasteiger partial charge >= 0.3 is 5.97 Å². The van der Waals surface area contributed by atoms with Crippen molar-refractivity contribution in [3.05, 3.63) is 50.6 Å². The second-order valence-corrected chi connectivity index (χ2v) is 5.21. The van der Waals surface area contributed by atoms with Crippen molar-refractivity contribution in [3.8, 4) is 0 Å². The predicted octanol–water partition coefficient (Wildman–Crippen LogP) is 3.82. The Hall–Kier alpha value is -1.33. The topological polar surface area (TPSA) is 49.3 Å². The van der Waals surface area contributed by atoms with E-state index in [1.54, 1.807) is 23.5 Å². The van der Waals surface area contributed by atoms with Gasteiger partial charge in [0.2, 0.25) is 0 Å². The molecule has 0 saturated carbocycles. The van der Waals surface area contributed by atoms with Gasteiger partial charge < -0.3 is 10.4 Å². The van der Waals surface area contributed by atoms with Crippen LogP contribution in [0, 0.1) is 0 Å². The Morgan fingerprint density at radius 3 is 2.88 bits per heavy atom. The monoisotopic (exact) mass is 311 g/mol. The fourth-order valence-electron chi connectivity index (χ4n) is 1.41. The van der Waals surface area contributed by atoms with Crippen LogP contribution in [-0.4, -0.2) is 11.1 Å². The Morgan fingerprint density at radius 1 is 1.41 bits per heavy atom. The lowest BCUT2D eigenvalue weighted by Crippen LogP contribution is -2.01. The van der Waals surface area contributed by atoms with Crippen LogP contribution in [-0.2, 0) is 6.54 Å². The maximum atomic E-state index is 10.9. The molecule has 3 nitrogen and oxygen atoms in total. The third-order valence-electron chi connectivity index (χ3n) is 2.22. The molecule has 17 heavy (non-hydrogen) atoms. The van der Waals surface area contributed by atoms with Crippen molar-refractivity contribution in [2.45, 2.75) is 6.54 Å². The van der Waals surface area contributed by atoms with Gasteiger partial charge in [0.25, 0.3) is 0 Å². The van der Waals surface area contributed by atoms with Gasteiger partial charge in [0, 0.05) is 16.7 Å². The Morgan fingerprint density at radius 2 is 2.24 bits per heavy atom. The minimum absolute atomic E-state index is 0.271. The van der Waals surface area contributed by atoms with E-state index in [2.05, 4.69) is 26.6 Å². The fourth-order valence-corrected chi connectivity index (χ4v) is 2.57. The highest BCUT2D eigenvalue weighted by atomic mass is 79.9. The number of anilines is 1. The van der Waals surface area contributed by atoms with Gasteiger partial charge in [-0.05, 0) is 40.6 Å². The molecule has 0 unspecified atom stereocenters. The number of carboxylic acid groups (broad SMARTS) is 1. The molecular weight excluding hydrogens is 302 g/mol. The molecule has 0 saturated heterocycles. The van der Waals surface area contributed by atoms with E-state index in [1.165, 1.54) is 5.56 Å². The number of nitrogens with one attached hydrogen (secondary N) is 1. The molecule has 2 aromatic rings. The summed E-state index contributed by atoms with van der Waals surface area (Å²) in [5.41, 5.74) is 2.25. The molecule has 2 rings (SSSR count). The highest BCUT2D eigenvalue weighted by Gasteiger charge is 2.05. The summed E-state index contributed by atoms with van der Waals surface area (Å²) in [6.45, 7) is 0.693. The van der Waals surface area contributed by atoms with Crippen LogP contribution in [0.5, 0.6) is 0 Å². The molecule has 0 spiro atoms.